The first kappa shape index (κ1) is 18.9. The molecule has 0 atom stereocenters. The van der Waals surface area contributed by atoms with Crippen LogP contribution >= 0.6 is 0 Å². The number of benzene rings is 1. The van der Waals surface area contributed by atoms with E-state index in [9.17, 15) is 14.0 Å². The highest BCUT2D eigenvalue weighted by atomic mass is 19.1. The van der Waals surface area contributed by atoms with E-state index < -0.39 is 11.5 Å². The second-order valence-corrected chi connectivity index (χ2v) is 6.98. The monoisotopic (exact) mass is 373 g/mol. The maximum Gasteiger partial charge on any atom is 0.265 e. The predicted molar refractivity (Wildman–Crippen MR) is 103 cm³/mol. The molecule has 8 heteroatoms. The Balaban J connectivity index is 1.65. The number of hydrogen-bond acceptors (Lipinski definition) is 5. The standard InChI is InChI=1S/C19H24FN5O2/c1-13(2)11-21-17(26)14-12-22-19(23-18(14)27)25-9-7-24(8-10-25)16-6-4-3-5-15(16)20/h3-6,12-13H,7-11H2,1-2H3,(H,21,26)(H,22,23,27). The summed E-state index contributed by atoms with van der Waals surface area (Å²) in [5.41, 5.74) is 0.123. The number of hydrogen-bond donors (Lipinski definition) is 2. The van der Waals surface area contributed by atoms with Crippen molar-refractivity contribution in [2.45, 2.75) is 13.8 Å². The van der Waals surface area contributed by atoms with E-state index in [2.05, 4.69) is 15.3 Å². The number of aromatic amines is 1. The van der Waals surface area contributed by atoms with Crippen molar-refractivity contribution in [2.24, 2.45) is 5.92 Å². The van der Waals surface area contributed by atoms with Gasteiger partial charge in [0.2, 0.25) is 5.95 Å². The summed E-state index contributed by atoms with van der Waals surface area (Å²) in [6, 6.07) is 6.69. The number of rotatable bonds is 5. The lowest BCUT2D eigenvalue weighted by Gasteiger charge is -2.36. The maximum absolute atomic E-state index is 13.9. The van der Waals surface area contributed by atoms with Crippen LogP contribution in [0.3, 0.4) is 0 Å². The van der Waals surface area contributed by atoms with Crippen molar-refractivity contribution in [3.63, 3.8) is 0 Å². The van der Waals surface area contributed by atoms with Crippen molar-refractivity contribution in [3.05, 3.63) is 52.2 Å². The summed E-state index contributed by atoms with van der Waals surface area (Å²) in [6.07, 6.45) is 1.31. The fourth-order valence-corrected chi connectivity index (χ4v) is 2.97. The summed E-state index contributed by atoms with van der Waals surface area (Å²) in [5.74, 6) is 0.0576. The van der Waals surface area contributed by atoms with Gasteiger partial charge in [0, 0.05) is 38.9 Å². The topological polar surface area (TPSA) is 81.3 Å². The zero-order chi connectivity index (χ0) is 19.4. The largest absolute Gasteiger partial charge is 0.366 e. The van der Waals surface area contributed by atoms with Gasteiger partial charge in [-0.1, -0.05) is 26.0 Å². The number of piperazine rings is 1. The van der Waals surface area contributed by atoms with Gasteiger partial charge in [-0.25, -0.2) is 9.37 Å². The van der Waals surface area contributed by atoms with E-state index in [1.54, 1.807) is 12.1 Å². The van der Waals surface area contributed by atoms with Crippen molar-refractivity contribution in [3.8, 4) is 0 Å². The first-order valence-corrected chi connectivity index (χ1v) is 9.07. The minimum Gasteiger partial charge on any atom is -0.366 e. The molecule has 27 heavy (non-hydrogen) atoms. The zero-order valence-electron chi connectivity index (χ0n) is 15.5. The molecule has 1 amide bonds. The average Bonchev–Trinajstić information content (AvgIpc) is 2.66. The van der Waals surface area contributed by atoms with Crippen LogP contribution in [0.1, 0.15) is 24.2 Å². The average molecular weight is 373 g/mol. The lowest BCUT2D eigenvalue weighted by atomic mass is 10.2. The summed E-state index contributed by atoms with van der Waals surface area (Å²) in [6.45, 7) is 6.87. The van der Waals surface area contributed by atoms with Gasteiger partial charge in [-0.2, -0.15) is 0 Å². The molecule has 2 aromatic rings. The molecule has 0 radical (unpaired) electrons. The van der Waals surface area contributed by atoms with Crippen molar-refractivity contribution in [2.75, 3.05) is 42.5 Å². The first-order valence-electron chi connectivity index (χ1n) is 9.07. The van der Waals surface area contributed by atoms with Gasteiger partial charge in [-0.3, -0.25) is 14.6 Å². The molecule has 2 N–H and O–H groups in total. The Kier molecular flexibility index (Phi) is 5.73. The molecule has 0 bridgehead atoms. The van der Waals surface area contributed by atoms with Gasteiger partial charge >= 0.3 is 0 Å². The van der Waals surface area contributed by atoms with Crippen molar-refractivity contribution < 1.29 is 9.18 Å². The van der Waals surface area contributed by atoms with E-state index in [1.807, 2.05) is 29.7 Å². The molecule has 0 spiro atoms. The smallest absolute Gasteiger partial charge is 0.265 e. The Morgan fingerprint density at radius 3 is 2.52 bits per heavy atom. The summed E-state index contributed by atoms with van der Waals surface area (Å²) in [5, 5.41) is 2.71. The molecule has 0 unspecified atom stereocenters. The number of amides is 1. The fraction of sp³-hybridized carbons (Fsp3) is 0.421. The third-order valence-corrected chi connectivity index (χ3v) is 4.47. The highest BCUT2D eigenvalue weighted by Crippen LogP contribution is 2.21. The third kappa shape index (κ3) is 4.45. The third-order valence-electron chi connectivity index (χ3n) is 4.47. The van der Waals surface area contributed by atoms with E-state index in [-0.39, 0.29) is 11.4 Å². The van der Waals surface area contributed by atoms with Crippen LogP contribution in [0, 0.1) is 11.7 Å². The number of halogens is 1. The van der Waals surface area contributed by atoms with Crippen molar-refractivity contribution in [1.82, 2.24) is 15.3 Å². The molecule has 1 fully saturated rings. The lowest BCUT2D eigenvalue weighted by Crippen LogP contribution is -2.48. The van der Waals surface area contributed by atoms with Crippen molar-refractivity contribution in [1.29, 1.82) is 0 Å². The first-order chi connectivity index (χ1) is 13.0. The Labute approximate surface area is 157 Å². The van der Waals surface area contributed by atoms with E-state index in [0.29, 0.717) is 50.3 Å². The van der Waals surface area contributed by atoms with Crippen LogP contribution in [0.15, 0.2) is 35.3 Å². The van der Waals surface area contributed by atoms with E-state index in [0.717, 1.165) is 0 Å². The fourth-order valence-electron chi connectivity index (χ4n) is 2.97. The van der Waals surface area contributed by atoms with Gasteiger partial charge in [0.15, 0.2) is 0 Å². The molecule has 0 aliphatic carbocycles. The number of nitrogens with one attached hydrogen (secondary N) is 2. The molecule has 144 valence electrons. The second-order valence-electron chi connectivity index (χ2n) is 6.98. The van der Waals surface area contributed by atoms with Gasteiger partial charge in [0.25, 0.3) is 11.5 Å². The van der Waals surface area contributed by atoms with Gasteiger partial charge in [0.1, 0.15) is 11.4 Å². The molecule has 2 heterocycles. The summed E-state index contributed by atoms with van der Waals surface area (Å²) < 4.78 is 13.9. The van der Waals surface area contributed by atoms with Gasteiger partial charge < -0.3 is 15.1 Å². The minimum absolute atomic E-state index is 0.00407. The van der Waals surface area contributed by atoms with Gasteiger partial charge in [0.05, 0.1) is 5.69 Å². The van der Waals surface area contributed by atoms with E-state index >= 15 is 0 Å². The molecule has 1 aromatic carbocycles. The molecule has 1 aliphatic heterocycles. The SMILES string of the molecule is CC(C)CNC(=O)c1cnc(N2CCN(c3ccccc3F)CC2)[nH]c1=O. The lowest BCUT2D eigenvalue weighted by molar-refractivity contribution is 0.0947. The minimum atomic E-state index is -0.460. The molecule has 1 aromatic heterocycles. The van der Waals surface area contributed by atoms with Gasteiger partial charge in [-0.15, -0.1) is 0 Å². The second kappa shape index (κ2) is 8.20. The number of H-pyrrole nitrogens is 1. The zero-order valence-corrected chi connectivity index (χ0v) is 15.5. The maximum atomic E-state index is 13.9. The summed E-state index contributed by atoms with van der Waals surface area (Å²) >= 11 is 0. The van der Waals surface area contributed by atoms with Crippen LogP contribution in [0.25, 0.3) is 0 Å². The van der Waals surface area contributed by atoms with Crippen LogP contribution in [0.4, 0.5) is 16.0 Å². The Morgan fingerprint density at radius 1 is 1.22 bits per heavy atom. The summed E-state index contributed by atoms with van der Waals surface area (Å²) in [4.78, 5) is 35.1. The molecule has 0 saturated carbocycles. The highest BCUT2D eigenvalue weighted by molar-refractivity contribution is 5.93. The quantitative estimate of drug-likeness (QED) is 0.832. The number of carbonyl (C=O) groups is 1. The number of carbonyl (C=O) groups excluding carboxylic acids is 1. The van der Waals surface area contributed by atoms with Crippen LogP contribution < -0.4 is 20.7 Å². The molecular weight excluding hydrogens is 349 g/mol. The predicted octanol–water partition coefficient (Wildman–Crippen LogP) is 1.62. The van der Waals surface area contributed by atoms with E-state index in [1.165, 1.54) is 12.3 Å². The summed E-state index contributed by atoms with van der Waals surface area (Å²) in [7, 11) is 0. The van der Waals surface area contributed by atoms with Crippen LogP contribution in [-0.4, -0.2) is 48.6 Å². The van der Waals surface area contributed by atoms with Crippen LogP contribution in [0.5, 0.6) is 0 Å². The molecule has 3 rings (SSSR count). The normalized spacial score (nSPS) is 14.5. The Hall–Kier alpha value is -2.90. The number of para-hydroxylation sites is 1. The van der Waals surface area contributed by atoms with Crippen LogP contribution in [-0.2, 0) is 0 Å². The molecule has 7 nitrogen and oxygen atoms in total. The number of aromatic nitrogens is 2. The number of nitrogens with zero attached hydrogens (tertiary/aromatic N) is 3. The Morgan fingerprint density at radius 2 is 1.89 bits per heavy atom. The Bertz CT molecular complexity index is 859. The van der Waals surface area contributed by atoms with Crippen molar-refractivity contribution >= 4 is 17.5 Å². The highest BCUT2D eigenvalue weighted by Gasteiger charge is 2.21. The molecule has 1 saturated heterocycles. The number of anilines is 2. The van der Waals surface area contributed by atoms with Gasteiger partial charge in [-0.05, 0) is 18.1 Å². The molecular formula is C19H24FN5O2. The van der Waals surface area contributed by atoms with Crippen LogP contribution in [0.2, 0.25) is 0 Å². The molecule has 1 aliphatic rings. The van der Waals surface area contributed by atoms with E-state index in [4.69, 9.17) is 0 Å².